The Morgan fingerprint density at radius 2 is 2.15 bits per heavy atom. The zero-order valence-electron chi connectivity index (χ0n) is 14.1. The van der Waals surface area contributed by atoms with Crippen LogP contribution in [0.1, 0.15) is 34.3 Å². The van der Waals surface area contributed by atoms with Gasteiger partial charge in [0.2, 0.25) is 5.82 Å². The fraction of sp³-hybridized carbons (Fsp3) is 0.235. The van der Waals surface area contributed by atoms with Gasteiger partial charge in [0.25, 0.3) is 11.7 Å². The van der Waals surface area contributed by atoms with Crippen LogP contribution in [0, 0.1) is 6.92 Å². The van der Waals surface area contributed by atoms with Crippen molar-refractivity contribution in [1.82, 2.24) is 24.9 Å². The SMILES string of the molecule is COC(=O)CC(NC(=O)c1nc2nccc(C)n2n1)c1cccc(Br)c1. The minimum absolute atomic E-state index is 0.0106. The smallest absolute Gasteiger partial charge is 0.307 e. The summed E-state index contributed by atoms with van der Waals surface area (Å²) in [5.74, 6) is -0.613. The number of halogens is 1. The highest BCUT2D eigenvalue weighted by Crippen LogP contribution is 2.21. The van der Waals surface area contributed by atoms with E-state index in [0.29, 0.717) is 5.78 Å². The summed E-state index contributed by atoms with van der Waals surface area (Å²) in [6.45, 7) is 1.84. The molecule has 0 spiro atoms. The van der Waals surface area contributed by atoms with Crippen LogP contribution in [0.25, 0.3) is 5.78 Å². The van der Waals surface area contributed by atoms with Crippen molar-refractivity contribution in [2.24, 2.45) is 0 Å². The van der Waals surface area contributed by atoms with Gasteiger partial charge in [-0.2, -0.15) is 4.98 Å². The molecule has 0 aliphatic rings. The molecule has 8 nitrogen and oxygen atoms in total. The van der Waals surface area contributed by atoms with Gasteiger partial charge in [0, 0.05) is 16.4 Å². The van der Waals surface area contributed by atoms with Gasteiger partial charge < -0.3 is 10.1 Å². The van der Waals surface area contributed by atoms with Crippen LogP contribution >= 0.6 is 15.9 Å². The molecule has 3 aromatic rings. The number of hydrogen-bond acceptors (Lipinski definition) is 6. The van der Waals surface area contributed by atoms with E-state index in [1.165, 1.54) is 11.6 Å². The van der Waals surface area contributed by atoms with Crippen LogP contribution in [0.15, 0.2) is 41.0 Å². The lowest BCUT2D eigenvalue weighted by molar-refractivity contribution is -0.141. The number of hydrogen-bond donors (Lipinski definition) is 1. The predicted molar refractivity (Wildman–Crippen MR) is 96.5 cm³/mol. The first-order valence-electron chi connectivity index (χ1n) is 7.79. The highest BCUT2D eigenvalue weighted by atomic mass is 79.9. The Labute approximate surface area is 157 Å². The number of benzene rings is 1. The van der Waals surface area contributed by atoms with Gasteiger partial charge in [-0.1, -0.05) is 28.1 Å². The lowest BCUT2D eigenvalue weighted by Crippen LogP contribution is -2.31. The third-order valence-corrected chi connectivity index (χ3v) is 4.28. The molecule has 134 valence electrons. The molecule has 0 aliphatic heterocycles. The maximum atomic E-state index is 12.6. The monoisotopic (exact) mass is 417 g/mol. The highest BCUT2D eigenvalue weighted by Gasteiger charge is 2.22. The van der Waals surface area contributed by atoms with Gasteiger partial charge in [-0.05, 0) is 30.7 Å². The minimum atomic E-state index is -0.576. The first kappa shape index (κ1) is 18.0. The van der Waals surface area contributed by atoms with Crippen LogP contribution < -0.4 is 5.32 Å². The lowest BCUT2D eigenvalue weighted by Gasteiger charge is -2.17. The average molecular weight is 418 g/mol. The van der Waals surface area contributed by atoms with E-state index >= 15 is 0 Å². The summed E-state index contributed by atoms with van der Waals surface area (Å²) in [5.41, 5.74) is 1.57. The van der Waals surface area contributed by atoms with Crippen molar-refractivity contribution < 1.29 is 14.3 Å². The van der Waals surface area contributed by atoms with Crippen LogP contribution in [0.3, 0.4) is 0 Å². The number of carbonyl (C=O) groups is 2. The average Bonchev–Trinajstić information content (AvgIpc) is 3.07. The van der Waals surface area contributed by atoms with E-state index in [9.17, 15) is 9.59 Å². The summed E-state index contributed by atoms with van der Waals surface area (Å²) in [6.07, 6.45) is 1.59. The number of carbonyl (C=O) groups excluding carboxylic acids is 2. The van der Waals surface area contributed by atoms with Crippen molar-refractivity contribution in [3.05, 3.63) is 58.1 Å². The van der Waals surface area contributed by atoms with E-state index in [-0.39, 0.29) is 12.2 Å². The molecule has 2 aromatic heterocycles. The van der Waals surface area contributed by atoms with Crippen molar-refractivity contribution >= 4 is 33.6 Å². The largest absolute Gasteiger partial charge is 0.469 e. The van der Waals surface area contributed by atoms with E-state index in [4.69, 9.17) is 4.74 Å². The van der Waals surface area contributed by atoms with Crippen LogP contribution in [0.4, 0.5) is 0 Å². The van der Waals surface area contributed by atoms with E-state index in [1.54, 1.807) is 12.3 Å². The Morgan fingerprint density at radius 1 is 1.35 bits per heavy atom. The van der Waals surface area contributed by atoms with Crippen molar-refractivity contribution in [3.63, 3.8) is 0 Å². The number of nitrogens with zero attached hydrogens (tertiary/aromatic N) is 4. The van der Waals surface area contributed by atoms with E-state index < -0.39 is 17.9 Å². The molecule has 26 heavy (non-hydrogen) atoms. The molecule has 0 saturated carbocycles. The first-order valence-corrected chi connectivity index (χ1v) is 8.58. The van der Waals surface area contributed by atoms with E-state index in [2.05, 4.69) is 36.3 Å². The van der Waals surface area contributed by atoms with Crippen LogP contribution in [0.2, 0.25) is 0 Å². The number of ether oxygens (including phenoxy) is 1. The lowest BCUT2D eigenvalue weighted by atomic mass is 10.0. The van der Waals surface area contributed by atoms with Gasteiger partial charge >= 0.3 is 5.97 Å². The number of esters is 1. The number of rotatable bonds is 5. The van der Waals surface area contributed by atoms with Gasteiger partial charge in [-0.25, -0.2) is 9.50 Å². The minimum Gasteiger partial charge on any atom is -0.469 e. The third kappa shape index (κ3) is 3.88. The number of amides is 1. The van der Waals surface area contributed by atoms with Crippen molar-refractivity contribution in [2.75, 3.05) is 7.11 Å². The quantitative estimate of drug-likeness (QED) is 0.639. The standard InChI is InChI=1S/C17H16BrN5O3/c1-10-6-7-19-17-21-15(22-23(10)17)16(25)20-13(9-14(24)26-2)11-4-3-5-12(18)8-11/h3-8,13H,9H2,1-2H3,(H,20,25). The molecule has 1 atom stereocenters. The van der Waals surface area contributed by atoms with Crippen molar-refractivity contribution in [3.8, 4) is 0 Å². The van der Waals surface area contributed by atoms with Crippen LogP contribution in [-0.2, 0) is 9.53 Å². The Kier molecular flexibility index (Phi) is 5.27. The summed E-state index contributed by atoms with van der Waals surface area (Å²) in [7, 11) is 1.31. The summed E-state index contributed by atoms with van der Waals surface area (Å²) >= 11 is 3.39. The molecule has 2 heterocycles. The Balaban J connectivity index is 1.88. The Bertz CT molecular complexity index is 972. The van der Waals surface area contributed by atoms with Crippen LogP contribution in [-0.4, -0.2) is 38.6 Å². The van der Waals surface area contributed by atoms with Crippen molar-refractivity contribution in [1.29, 1.82) is 0 Å². The Morgan fingerprint density at radius 3 is 2.85 bits per heavy atom. The molecule has 1 amide bonds. The van der Waals surface area contributed by atoms with Crippen LogP contribution in [0.5, 0.6) is 0 Å². The summed E-state index contributed by atoms with van der Waals surface area (Å²) < 4.78 is 7.06. The maximum absolute atomic E-state index is 12.6. The molecule has 0 radical (unpaired) electrons. The maximum Gasteiger partial charge on any atom is 0.307 e. The normalized spacial score (nSPS) is 12.0. The molecule has 0 saturated heterocycles. The fourth-order valence-electron chi connectivity index (χ4n) is 2.45. The topological polar surface area (TPSA) is 98.5 Å². The molecule has 0 bridgehead atoms. The third-order valence-electron chi connectivity index (χ3n) is 3.79. The van der Waals surface area contributed by atoms with Gasteiger partial charge in [-0.3, -0.25) is 9.59 Å². The number of fused-ring (bicyclic) bond motifs is 1. The molecule has 9 heteroatoms. The van der Waals surface area contributed by atoms with Gasteiger partial charge in [0.1, 0.15) is 0 Å². The Hall–Kier alpha value is -2.81. The molecule has 1 aromatic carbocycles. The molecule has 1 unspecified atom stereocenters. The first-order chi connectivity index (χ1) is 12.5. The fourth-order valence-corrected chi connectivity index (χ4v) is 2.87. The second-order valence-corrected chi connectivity index (χ2v) is 6.51. The number of methoxy groups -OCH3 is 1. The zero-order chi connectivity index (χ0) is 18.7. The molecule has 0 fully saturated rings. The van der Waals surface area contributed by atoms with E-state index in [1.807, 2.05) is 31.2 Å². The molecular weight excluding hydrogens is 402 g/mol. The van der Waals surface area contributed by atoms with Crippen molar-refractivity contribution in [2.45, 2.75) is 19.4 Å². The van der Waals surface area contributed by atoms with E-state index in [0.717, 1.165) is 15.7 Å². The number of aromatic nitrogens is 4. The van der Waals surface area contributed by atoms with Gasteiger partial charge in [0.15, 0.2) is 0 Å². The second-order valence-electron chi connectivity index (χ2n) is 5.59. The van der Waals surface area contributed by atoms with Gasteiger partial charge in [-0.15, -0.1) is 5.10 Å². The van der Waals surface area contributed by atoms with Gasteiger partial charge in [0.05, 0.1) is 19.6 Å². The summed E-state index contributed by atoms with van der Waals surface area (Å²) in [4.78, 5) is 32.6. The molecule has 3 rings (SSSR count). The summed E-state index contributed by atoms with van der Waals surface area (Å²) in [5, 5.41) is 6.98. The molecule has 1 N–H and O–H groups in total. The predicted octanol–water partition coefficient (Wildman–Crippen LogP) is 2.23. The number of nitrogens with one attached hydrogen (secondary N) is 1. The number of aryl methyl sites for hydroxylation is 1. The summed E-state index contributed by atoms with van der Waals surface area (Å²) in [6, 6.07) is 8.53. The molecule has 0 aliphatic carbocycles. The zero-order valence-corrected chi connectivity index (χ0v) is 15.7. The molecular formula is C17H16BrN5O3. The second kappa shape index (κ2) is 7.61. The highest BCUT2D eigenvalue weighted by molar-refractivity contribution is 9.10.